The van der Waals surface area contributed by atoms with Crippen LogP contribution in [0.2, 0.25) is 0 Å². The minimum atomic E-state index is 0.274. The van der Waals surface area contributed by atoms with Gasteiger partial charge in [0.1, 0.15) is 0 Å². The summed E-state index contributed by atoms with van der Waals surface area (Å²) in [5, 5.41) is 4.12. The van der Waals surface area contributed by atoms with E-state index in [0.29, 0.717) is 6.42 Å². The molecule has 0 unspecified atom stereocenters. The van der Waals surface area contributed by atoms with Gasteiger partial charge in [-0.3, -0.25) is 9.48 Å². The number of thiophene rings is 1. The van der Waals surface area contributed by atoms with Gasteiger partial charge in [-0.1, -0.05) is 0 Å². The fourth-order valence-corrected chi connectivity index (χ4v) is 3.70. The van der Waals surface area contributed by atoms with Gasteiger partial charge in [-0.05, 0) is 43.4 Å². The van der Waals surface area contributed by atoms with Crippen LogP contribution in [0.3, 0.4) is 0 Å². The summed E-state index contributed by atoms with van der Waals surface area (Å²) < 4.78 is 1.84. The molecule has 0 aliphatic heterocycles. The molecule has 0 fully saturated rings. The van der Waals surface area contributed by atoms with Gasteiger partial charge in [-0.15, -0.1) is 11.3 Å². The number of hydrogen-bond donors (Lipinski definition) is 0. The molecular formula is C14H16N2OS. The predicted octanol–water partition coefficient (Wildman–Crippen LogP) is 2.79. The number of fused-ring (bicyclic) bond motifs is 1. The Hall–Kier alpha value is -1.42. The van der Waals surface area contributed by atoms with E-state index in [2.05, 4.69) is 11.2 Å². The lowest BCUT2D eigenvalue weighted by Gasteiger charge is -2.00. The predicted molar refractivity (Wildman–Crippen MR) is 72.2 cm³/mol. The molecule has 94 valence electrons. The van der Waals surface area contributed by atoms with Crippen molar-refractivity contribution in [3.8, 4) is 0 Å². The molecule has 4 heteroatoms. The summed E-state index contributed by atoms with van der Waals surface area (Å²) in [4.78, 5) is 14.5. The van der Waals surface area contributed by atoms with Gasteiger partial charge in [0, 0.05) is 30.2 Å². The zero-order valence-electron chi connectivity index (χ0n) is 10.5. The number of Topliss-reactive ketones (excluding diaryl/α,β-unsaturated/α-hetero) is 1. The van der Waals surface area contributed by atoms with Crippen LogP contribution in [0.15, 0.2) is 18.3 Å². The normalized spacial score (nSPS) is 13.8. The first-order valence-corrected chi connectivity index (χ1v) is 7.17. The van der Waals surface area contributed by atoms with Crippen LogP contribution >= 0.6 is 11.3 Å². The zero-order valence-corrected chi connectivity index (χ0v) is 11.3. The van der Waals surface area contributed by atoms with E-state index in [1.807, 2.05) is 17.8 Å². The largest absolute Gasteiger partial charge is 0.293 e. The van der Waals surface area contributed by atoms with Crippen molar-refractivity contribution in [1.82, 2.24) is 9.78 Å². The summed E-state index contributed by atoms with van der Waals surface area (Å²) in [6, 6.07) is 4.08. The molecule has 0 saturated heterocycles. The first kappa shape index (κ1) is 11.7. The first-order chi connectivity index (χ1) is 8.74. The lowest BCUT2D eigenvalue weighted by Crippen LogP contribution is -2.03. The second-order valence-corrected chi connectivity index (χ2v) is 5.92. The molecule has 0 radical (unpaired) electrons. The Morgan fingerprint density at radius 1 is 1.50 bits per heavy atom. The molecule has 3 nitrogen and oxygen atoms in total. The van der Waals surface area contributed by atoms with Crippen LogP contribution in [0.4, 0.5) is 0 Å². The van der Waals surface area contributed by atoms with Crippen LogP contribution in [0.5, 0.6) is 0 Å². The summed E-state index contributed by atoms with van der Waals surface area (Å²) >= 11 is 1.70. The fourth-order valence-electron chi connectivity index (χ4n) is 2.48. The summed E-state index contributed by atoms with van der Waals surface area (Å²) in [6.45, 7) is 0. The summed E-state index contributed by atoms with van der Waals surface area (Å²) in [5.74, 6) is 0.274. The maximum Gasteiger partial charge on any atom is 0.173 e. The molecule has 3 rings (SSSR count). The second-order valence-electron chi connectivity index (χ2n) is 4.78. The van der Waals surface area contributed by atoms with Gasteiger partial charge in [-0.2, -0.15) is 5.10 Å². The van der Waals surface area contributed by atoms with E-state index in [9.17, 15) is 4.79 Å². The third-order valence-electron chi connectivity index (χ3n) is 3.55. The number of nitrogens with zero attached hydrogens (tertiary/aromatic N) is 2. The number of carbonyl (C=O) groups is 1. The Morgan fingerprint density at radius 2 is 2.39 bits per heavy atom. The van der Waals surface area contributed by atoms with Gasteiger partial charge in [0.25, 0.3) is 0 Å². The number of aromatic nitrogens is 2. The minimum Gasteiger partial charge on any atom is -0.293 e. The number of aryl methyl sites for hydroxylation is 4. The van der Waals surface area contributed by atoms with Gasteiger partial charge in [0.05, 0.1) is 4.88 Å². The summed E-state index contributed by atoms with van der Waals surface area (Å²) in [6.07, 6.45) is 6.71. The lowest BCUT2D eigenvalue weighted by molar-refractivity contribution is 0.0986. The number of hydrogen-bond acceptors (Lipinski definition) is 3. The van der Waals surface area contributed by atoms with E-state index < -0.39 is 0 Å². The van der Waals surface area contributed by atoms with Crippen molar-refractivity contribution in [2.24, 2.45) is 7.05 Å². The van der Waals surface area contributed by atoms with Crippen LogP contribution in [0.1, 0.15) is 38.6 Å². The molecule has 0 N–H and O–H groups in total. The zero-order chi connectivity index (χ0) is 12.5. The van der Waals surface area contributed by atoms with Crippen molar-refractivity contribution in [2.75, 3.05) is 0 Å². The van der Waals surface area contributed by atoms with E-state index in [0.717, 1.165) is 29.8 Å². The fraction of sp³-hybridized carbons (Fsp3) is 0.429. The van der Waals surface area contributed by atoms with Gasteiger partial charge >= 0.3 is 0 Å². The van der Waals surface area contributed by atoms with Crippen molar-refractivity contribution < 1.29 is 4.79 Å². The van der Waals surface area contributed by atoms with Crippen molar-refractivity contribution in [1.29, 1.82) is 0 Å². The first-order valence-electron chi connectivity index (χ1n) is 6.35. The minimum absolute atomic E-state index is 0.274. The molecule has 1 aliphatic carbocycles. The maximum absolute atomic E-state index is 12.1. The van der Waals surface area contributed by atoms with E-state index in [1.54, 1.807) is 17.5 Å². The Morgan fingerprint density at radius 3 is 3.11 bits per heavy atom. The molecule has 0 amide bonds. The Balaban J connectivity index is 1.66. The van der Waals surface area contributed by atoms with E-state index in [4.69, 9.17) is 0 Å². The van der Waals surface area contributed by atoms with Gasteiger partial charge < -0.3 is 0 Å². The van der Waals surface area contributed by atoms with Crippen LogP contribution in [0, 0.1) is 0 Å². The van der Waals surface area contributed by atoms with E-state index in [1.165, 1.54) is 16.9 Å². The standard InChI is InChI=1S/C14H16N2OS/c1-16-11(7-8-15-16)5-6-12(17)14-9-10-3-2-4-13(10)18-14/h7-9H,2-6H2,1H3. The summed E-state index contributed by atoms with van der Waals surface area (Å²) in [5.41, 5.74) is 2.52. The molecule has 2 aromatic rings. The maximum atomic E-state index is 12.1. The monoisotopic (exact) mass is 260 g/mol. The topological polar surface area (TPSA) is 34.9 Å². The average Bonchev–Trinajstić information content (AvgIpc) is 3.00. The average molecular weight is 260 g/mol. The number of rotatable bonds is 4. The van der Waals surface area contributed by atoms with E-state index >= 15 is 0 Å². The van der Waals surface area contributed by atoms with Crippen LogP contribution in [-0.2, 0) is 26.3 Å². The second kappa shape index (κ2) is 4.69. The Bertz CT molecular complexity index is 561. The highest BCUT2D eigenvalue weighted by atomic mass is 32.1. The molecule has 18 heavy (non-hydrogen) atoms. The smallest absolute Gasteiger partial charge is 0.173 e. The van der Waals surface area contributed by atoms with Crippen molar-refractivity contribution in [3.05, 3.63) is 39.3 Å². The van der Waals surface area contributed by atoms with Crippen molar-refractivity contribution in [3.63, 3.8) is 0 Å². The van der Waals surface area contributed by atoms with Gasteiger partial charge in [-0.25, -0.2) is 0 Å². The van der Waals surface area contributed by atoms with Crippen LogP contribution in [0.25, 0.3) is 0 Å². The van der Waals surface area contributed by atoms with Gasteiger partial charge in [0.2, 0.25) is 0 Å². The highest BCUT2D eigenvalue weighted by Gasteiger charge is 2.18. The molecule has 0 atom stereocenters. The summed E-state index contributed by atoms with van der Waals surface area (Å²) in [7, 11) is 1.92. The molecular weight excluding hydrogens is 244 g/mol. The molecule has 2 aromatic heterocycles. The number of ketones is 1. The molecule has 0 spiro atoms. The molecule has 2 heterocycles. The van der Waals surface area contributed by atoms with Crippen molar-refractivity contribution >= 4 is 17.1 Å². The quantitative estimate of drug-likeness (QED) is 0.792. The SMILES string of the molecule is Cn1nccc1CCC(=O)c1cc2c(s1)CCC2. The molecule has 0 bridgehead atoms. The van der Waals surface area contributed by atoms with E-state index in [-0.39, 0.29) is 5.78 Å². The highest BCUT2D eigenvalue weighted by molar-refractivity contribution is 7.14. The van der Waals surface area contributed by atoms with Crippen LogP contribution in [-0.4, -0.2) is 15.6 Å². The van der Waals surface area contributed by atoms with Crippen molar-refractivity contribution in [2.45, 2.75) is 32.1 Å². The number of carbonyl (C=O) groups excluding carboxylic acids is 1. The molecule has 0 saturated carbocycles. The third kappa shape index (κ3) is 2.12. The Labute approximate surface area is 110 Å². The van der Waals surface area contributed by atoms with Crippen LogP contribution < -0.4 is 0 Å². The molecule has 1 aliphatic rings. The van der Waals surface area contributed by atoms with Gasteiger partial charge in [0.15, 0.2) is 5.78 Å². The Kier molecular flexibility index (Phi) is 3.04. The third-order valence-corrected chi connectivity index (χ3v) is 4.83. The highest BCUT2D eigenvalue weighted by Crippen LogP contribution is 2.31. The lowest BCUT2D eigenvalue weighted by atomic mass is 10.1. The molecule has 0 aromatic carbocycles.